The first kappa shape index (κ1) is 15.7. The fourth-order valence-electron chi connectivity index (χ4n) is 2.13. The molecule has 0 radical (unpaired) electrons. The molecule has 0 amide bonds. The van der Waals surface area contributed by atoms with Crippen LogP contribution in [0.5, 0.6) is 0 Å². The van der Waals surface area contributed by atoms with Crippen LogP contribution in [0.25, 0.3) is 0 Å². The van der Waals surface area contributed by atoms with Gasteiger partial charge in [0.1, 0.15) is 6.04 Å². The van der Waals surface area contributed by atoms with Crippen molar-refractivity contribution in [3.05, 3.63) is 35.4 Å². The predicted molar refractivity (Wildman–Crippen MR) is 78.3 cm³/mol. The highest BCUT2D eigenvalue weighted by Crippen LogP contribution is 2.15. The largest absolute Gasteiger partial charge is 0.480 e. The van der Waals surface area contributed by atoms with Crippen LogP contribution in [-0.2, 0) is 11.2 Å². The van der Waals surface area contributed by atoms with E-state index in [9.17, 15) is 9.90 Å². The lowest BCUT2D eigenvalue weighted by Crippen LogP contribution is -2.38. The lowest BCUT2D eigenvalue weighted by Gasteiger charge is -2.20. The normalized spacial score (nSPS) is 14.1. The van der Waals surface area contributed by atoms with Crippen molar-refractivity contribution in [3.63, 3.8) is 0 Å². The summed E-state index contributed by atoms with van der Waals surface area (Å²) in [5.41, 5.74) is 2.44. The first-order valence-corrected chi connectivity index (χ1v) is 7.16. The molecule has 0 saturated carbocycles. The molecule has 0 aliphatic rings. The topological polar surface area (TPSA) is 49.3 Å². The van der Waals surface area contributed by atoms with Gasteiger partial charge in [0.2, 0.25) is 0 Å². The van der Waals surface area contributed by atoms with Crippen molar-refractivity contribution < 1.29 is 9.90 Å². The zero-order valence-electron chi connectivity index (χ0n) is 12.1. The van der Waals surface area contributed by atoms with E-state index in [0.29, 0.717) is 6.42 Å². The SMILES string of the molecule is CCCCC(NC(C)c1ccc(CC)cc1)C(=O)O. The van der Waals surface area contributed by atoms with E-state index in [1.54, 1.807) is 0 Å². The Kier molecular flexibility index (Phi) is 6.57. The summed E-state index contributed by atoms with van der Waals surface area (Å²) in [6.45, 7) is 6.22. The summed E-state index contributed by atoms with van der Waals surface area (Å²) in [5.74, 6) is -0.759. The second-order valence-corrected chi connectivity index (χ2v) is 5.02. The molecule has 0 aliphatic carbocycles. The van der Waals surface area contributed by atoms with Crippen LogP contribution >= 0.6 is 0 Å². The molecule has 0 aromatic heterocycles. The van der Waals surface area contributed by atoms with Crippen molar-refractivity contribution in [2.24, 2.45) is 0 Å². The van der Waals surface area contributed by atoms with E-state index in [1.807, 2.05) is 6.92 Å². The van der Waals surface area contributed by atoms with Crippen LogP contribution in [0, 0.1) is 0 Å². The van der Waals surface area contributed by atoms with Gasteiger partial charge in [0.05, 0.1) is 0 Å². The maximum absolute atomic E-state index is 11.2. The van der Waals surface area contributed by atoms with Crippen molar-refractivity contribution in [1.82, 2.24) is 5.32 Å². The smallest absolute Gasteiger partial charge is 0.320 e. The van der Waals surface area contributed by atoms with Gasteiger partial charge in [0.25, 0.3) is 0 Å². The molecular formula is C16H25NO2. The molecule has 1 aromatic rings. The Morgan fingerprint density at radius 1 is 1.26 bits per heavy atom. The summed E-state index contributed by atoms with van der Waals surface area (Å²) < 4.78 is 0. The average Bonchev–Trinajstić information content (AvgIpc) is 2.43. The summed E-state index contributed by atoms with van der Waals surface area (Å²) in [5, 5.41) is 12.4. The van der Waals surface area contributed by atoms with Gasteiger partial charge in [0, 0.05) is 6.04 Å². The Labute approximate surface area is 116 Å². The Balaban J connectivity index is 2.64. The Hall–Kier alpha value is -1.35. The second kappa shape index (κ2) is 7.95. The number of rotatable bonds is 8. The number of aliphatic carboxylic acids is 1. The van der Waals surface area contributed by atoms with Gasteiger partial charge in [-0.25, -0.2) is 0 Å². The lowest BCUT2D eigenvalue weighted by atomic mass is 10.0. The first-order chi connectivity index (χ1) is 9.08. The van der Waals surface area contributed by atoms with E-state index in [4.69, 9.17) is 0 Å². The molecule has 0 bridgehead atoms. The summed E-state index contributed by atoms with van der Waals surface area (Å²) in [6, 6.07) is 7.97. The number of carbonyl (C=O) groups is 1. The molecule has 2 N–H and O–H groups in total. The van der Waals surface area contributed by atoms with Gasteiger partial charge in [-0.2, -0.15) is 0 Å². The third-order valence-corrected chi connectivity index (χ3v) is 3.48. The minimum atomic E-state index is -0.759. The van der Waals surface area contributed by atoms with Crippen molar-refractivity contribution >= 4 is 5.97 Å². The first-order valence-electron chi connectivity index (χ1n) is 7.16. The Bertz CT molecular complexity index is 386. The van der Waals surface area contributed by atoms with Gasteiger partial charge in [-0.15, -0.1) is 0 Å². The monoisotopic (exact) mass is 263 g/mol. The predicted octanol–water partition coefficient (Wildman–Crippen LogP) is 3.54. The number of aryl methyl sites for hydroxylation is 1. The molecular weight excluding hydrogens is 238 g/mol. The van der Waals surface area contributed by atoms with E-state index < -0.39 is 12.0 Å². The van der Waals surface area contributed by atoms with Gasteiger partial charge in [0.15, 0.2) is 0 Å². The highest BCUT2D eigenvalue weighted by atomic mass is 16.4. The minimum absolute atomic E-state index is 0.0591. The molecule has 0 saturated heterocycles. The maximum Gasteiger partial charge on any atom is 0.320 e. The molecule has 0 aliphatic heterocycles. The number of carboxylic acid groups (broad SMARTS) is 1. The molecule has 1 aromatic carbocycles. The molecule has 19 heavy (non-hydrogen) atoms. The van der Waals surface area contributed by atoms with E-state index in [0.717, 1.165) is 24.8 Å². The Morgan fingerprint density at radius 3 is 2.37 bits per heavy atom. The third kappa shape index (κ3) is 5.03. The van der Waals surface area contributed by atoms with Crippen LogP contribution in [0.4, 0.5) is 0 Å². The quantitative estimate of drug-likeness (QED) is 0.754. The summed E-state index contributed by atoms with van der Waals surface area (Å²) >= 11 is 0. The molecule has 3 heteroatoms. The van der Waals surface area contributed by atoms with E-state index in [-0.39, 0.29) is 6.04 Å². The Morgan fingerprint density at radius 2 is 1.89 bits per heavy atom. The van der Waals surface area contributed by atoms with Crippen molar-refractivity contribution in [3.8, 4) is 0 Å². The lowest BCUT2D eigenvalue weighted by molar-refractivity contribution is -0.139. The highest BCUT2D eigenvalue weighted by Gasteiger charge is 2.19. The molecule has 106 valence electrons. The minimum Gasteiger partial charge on any atom is -0.480 e. The van der Waals surface area contributed by atoms with Crippen LogP contribution < -0.4 is 5.32 Å². The van der Waals surface area contributed by atoms with Gasteiger partial charge in [-0.05, 0) is 30.9 Å². The third-order valence-electron chi connectivity index (χ3n) is 3.48. The zero-order chi connectivity index (χ0) is 14.3. The van der Waals surface area contributed by atoms with E-state index in [1.165, 1.54) is 5.56 Å². The molecule has 0 heterocycles. The van der Waals surface area contributed by atoms with Crippen LogP contribution in [-0.4, -0.2) is 17.1 Å². The number of carboxylic acids is 1. The summed E-state index contributed by atoms with van der Waals surface area (Å²) in [4.78, 5) is 11.2. The molecule has 1 rings (SSSR count). The maximum atomic E-state index is 11.2. The van der Waals surface area contributed by atoms with Gasteiger partial charge in [-0.3, -0.25) is 10.1 Å². The van der Waals surface area contributed by atoms with Gasteiger partial charge in [-0.1, -0.05) is 51.0 Å². The number of benzene rings is 1. The van der Waals surface area contributed by atoms with Crippen molar-refractivity contribution in [1.29, 1.82) is 0 Å². The van der Waals surface area contributed by atoms with Crippen LogP contribution in [0.15, 0.2) is 24.3 Å². The molecule has 2 unspecified atom stereocenters. The van der Waals surface area contributed by atoms with Gasteiger partial charge < -0.3 is 5.11 Å². The molecule has 0 fully saturated rings. The van der Waals surface area contributed by atoms with Crippen LogP contribution in [0.1, 0.15) is 57.2 Å². The van der Waals surface area contributed by atoms with Crippen molar-refractivity contribution in [2.45, 2.75) is 58.5 Å². The molecule has 3 nitrogen and oxygen atoms in total. The van der Waals surface area contributed by atoms with Crippen LogP contribution in [0.2, 0.25) is 0 Å². The van der Waals surface area contributed by atoms with E-state index >= 15 is 0 Å². The van der Waals surface area contributed by atoms with Crippen LogP contribution in [0.3, 0.4) is 0 Å². The van der Waals surface area contributed by atoms with Gasteiger partial charge >= 0.3 is 5.97 Å². The summed E-state index contributed by atoms with van der Waals surface area (Å²) in [6.07, 6.45) is 3.66. The summed E-state index contributed by atoms with van der Waals surface area (Å²) in [7, 11) is 0. The highest BCUT2D eigenvalue weighted by molar-refractivity contribution is 5.73. The number of unbranched alkanes of at least 4 members (excludes halogenated alkanes) is 1. The number of hydrogen-bond acceptors (Lipinski definition) is 2. The second-order valence-electron chi connectivity index (χ2n) is 5.02. The fourth-order valence-corrected chi connectivity index (χ4v) is 2.13. The number of hydrogen-bond donors (Lipinski definition) is 2. The average molecular weight is 263 g/mol. The van der Waals surface area contributed by atoms with Crippen molar-refractivity contribution in [2.75, 3.05) is 0 Å². The number of nitrogens with one attached hydrogen (secondary N) is 1. The van der Waals surface area contributed by atoms with E-state index in [2.05, 4.69) is 43.4 Å². The molecule has 2 atom stereocenters. The zero-order valence-corrected chi connectivity index (χ0v) is 12.1. The molecule has 0 spiro atoms. The standard InChI is InChI=1S/C16H25NO2/c1-4-6-7-15(16(18)19)17-12(3)14-10-8-13(5-2)9-11-14/h8-12,15,17H,4-7H2,1-3H3,(H,18,19). The fraction of sp³-hybridized carbons (Fsp3) is 0.562.